The second kappa shape index (κ2) is 6.03. The highest BCUT2D eigenvalue weighted by Crippen LogP contribution is 2.18. The Kier molecular flexibility index (Phi) is 5.76. The van der Waals surface area contributed by atoms with Gasteiger partial charge < -0.3 is 5.43 Å². The maximum atomic E-state index is 5.25. The van der Waals surface area contributed by atoms with E-state index in [1.165, 1.54) is 0 Å². The fraction of sp³-hybridized carbons (Fsp3) is 0.333. The zero-order valence-corrected chi connectivity index (χ0v) is 9.27. The molecule has 1 aromatic carbocycles. The lowest BCUT2D eigenvalue weighted by atomic mass is 10.2. The number of nitrogens with one attached hydrogen (secondary N) is 1. The van der Waals surface area contributed by atoms with Crippen molar-refractivity contribution in [2.75, 3.05) is 5.43 Å². The van der Waals surface area contributed by atoms with E-state index < -0.39 is 0 Å². The lowest BCUT2D eigenvalue weighted by Gasteiger charge is -2.03. The number of hydrazine groups is 1. The fourth-order valence-electron chi connectivity index (χ4n) is 0.750. The van der Waals surface area contributed by atoms with Gasteiger partial charge in [0, 0.05) is 4.47 Å². The van der Waals surface area contributed by atoms with Gasteiger partial charge in [-0.3, -0.25) is 5.84 Å². The molecule has 0 unspecified atom stereocenters. The van der Waals surface area contributed by atoms with E-state index in [0.717, 1.165) is 15.7 Å². The molecule has 0 amide bonds. The summed E-state index contributed by atoms with van der Waals surface area (Å²) in [6.07, 6.45) is 0. The van der Waals surface area contributed by atoms with Gasteiger partial charge in [0.05, 0.1) is 5.69 Å². The minimum absolute atomic E-state index is 0.953. The topological polar surface area (TPSA) is 38.0 Å². The monoisotopic (exact) mass is 230 g/mol. The number of anilines is 1. The summed E-state index contributed by atoms with van der Waals surface area (Å²) in [5.41, 5.74) is 4.70. The maximum absolute atomic E-state index is 5.25. The number of nitrogen functional groups attached to an aromatic ring is 1. The average Bonchev–Trinajstić information content (AvgIpc) is 2.13. The van der Waals surface area contributed by atoms with Gasteiger partial charge >= 0.3 is 0 Å². The van der Waals surface area contributed by atoms with Crippen molar-refractivity contribution in [1.82, 2.24) is 0 Å². The van der Waals surface area contributed by atoms with Crippen LogP contribution in [0.4, 0.5) is 5.69 Å². The van der Waals surface area contributed by atoms with Crippen LogP contribution in [0.3, 0.4) is 0 Å². The molecule has 0 bridgehead atoms. The van der Waals surface area contributed by atoms with Crippen LogP contribution in [-0.4, -0.2) is 0 Å². The van der Waals surface area contributed by atoms with Crippen LogP contribution in [0.1, 0.15) is 19.4 Å². The molecule has 1 rings (SSSR count). The van der Waals surface area contributed by atoms with Gasteiger partial charge in [-0.25, -0.2) is 0 Å². The zero-order chi connectivity index (χ0) is 9.56. The molecule has 0 spiro atoms. The lowest BCUT2D eigenvalue weighted by Crippen LogP contribution is -2.07. The molecule has 3 N–H and O–H groups in total. The molecule has 3 heteroatoms. The molecule has 12 heavy (non-hydrogen) atoms. The normalized spacial score (nSPS) is 8.42. The van der Waals surface area contributed by atoms with Crippen LogP contribution in [0.15, 0.2) is 22.7 Å². The van der Waals surface area contributed by atoms with Gasteiger partial charge in [0.2, 0.25) is 0 Å². The number of aryl methyl sites for hydroxylation is 1. The molecule has 0 radical (unpaired) electrons. The van der Waals surface area contributed by atoms with E-state index in [1.807, 2.05) is 39.0 Å². The highest BCUT2D eigenvalue weighted by molar-refractivity contribution is 9.10. The molecular formula is C9H15BrN2. The summed E-state index contributed by atoms with van der Waals surface area (Å²) < 4.78 is 1.03. The van der Waals surface area contributed by atoms with Crippen LogP contribution in [0.2, 0.25) is 0 Å². The molecule has 2 nitrogen and oxygen atoms in total. The Hall–Kier alpha value is -0.540. The van der Waals surface area contributed by atoms with Crippen molar-refractivity contribution in [2.45, 2.75) is 20.8 Å². The third-order valence-electron chi connectivity index (χ3n) is 1.36. The molecule has 0 fully saturated rings. The Bertz CT molecular complexity index is 236. The number of benzene rings is 1. The van der Waals surface area contributed by atoms with E-state index >= 15 is 0 Å². The molecule has 0 aromatic heterocycles. The standard InChI is InChI=1S/C7H9BrN2.C2H6/c1-5-2-3-6(8)4-7(5)10-9;1-2/h2-4,10H,9H2,1H3;1-2H3. The number of halogens is 1. The highest BCUT2D eigenvalue weighted by Gasteiger charge is 1.94. The maximum Gasteiger partial charge on any atom is 0.0525 e. The highest BCUT2D eigenvalue weighted by atomic mass is 79.9. The molecule has 1 aromatic rings. The lowest BCUT2D eigenvalue weighted by molar-refractivity contribution is 1.30. The summed E-state index contributed by atoms with van der Waals surface area (Å²) in [6, 6.07) is 5.92. The minimum atomic E-state index is 0.953. The van der Waals surface area contributed by atoms with E-state index in [2.05, 4.69) is 21.4 Å². The Morgan fingerprint density at radius 3 is 2.33 bits per heavy atom. The van der Waals surface area contributed by atoms with Crippen molar-refractivity contribution >= 4 is 21.6 Å². The van der Waals surface area contributed by atoms with E-state index in [0.29, 0.717) is 0 Å². The SMILES string of the molecule is CC.Cc1ccc(Br)cc1NN. The van der Waals surface area contributed by atoms with Gasteiger partial charge in [-0.1, -0.05) is 35.8 Å². The molecule has 0 aliphatic carbocycles. The molecule has 0 saturated carbocycles. The van der Waals surface area contributed by atoms with Crippen molar-refractivity contribution in [3.8, 4) is 0 Å². The summed E-state index contributed by atoms with van der Waals surface area (Å²) in [6.45, 7) is 6.00. The second-order valence-electron chi connectivity index (χ2n) is 2.10. The first-order valence-electron chi connectivity index (χ1n) is 3.97. The van der Waals surface area contributed by atoms with Crippen molar-refractivity contribution in [3.05, 3.63) is 28.2 Å². The Morgan fingerprint density at radius 1 is 1.33 bits per heavy atom. The first kappa shape index (κ1) is 11.5. The largest absolute Gasteiger partial charge is 0.324 e. The number of nitrogens with two attached hydrogens (primary N) is 1. The van der Waals surface area contributed by atoms with Crippen molar-refractivity contribution < 1.29 is 0 Å². The molecule has 0 saturated heterocycles. The zero-order valence-electron chi connectivity index (χ0n) is 7.69. The first-order valence-corrected chi connectivity index (χ1v) is 4.76. The molecular weight excluding hydrogens is 216 g/mol. The third kappa shape index (κ3) is 3.24. The quantitative estimate of drug-likeness (QED) is 0.575. The second-order valence-corrected chi connectivity index (χ2v) is 3.02. The summed E-state index contributed by atoms with van der Waals surface area (Å²) in [5.74, 6) is 5.25. The van der Waals surface area contributed by atoms with Crippen molar-refractivity contribution in [2.24, 2.45) is 5.84 Å². The van der Waals surface area contributed by atoms with Crippen LogP contribution in [0.5, 0.6) is 0 Å². The van der Waals surface area contributed by atoms with Gasteiger partial charge in [-0.2, -0.15) is 0 Å². The molecule has 0 atom stereocenters. The van der Waals surface area contributed by atoms with Crippen LogP contribution < -0.4 is 11.3 Å². The molecule has 68 valence electrons. The average molecular weight is 231 g/mol. The summed E-state index contributed by atoms with van der Waals surface area (Å²) >= 11 is 3.34. The van der Waals surface area contributed by atoms with Gasteiger partial charge in [-0.15, -0.1) is 0 Å². The fourth-order valence-corrected chi connectivity index (χ4v) is 1.11. The van der Waals surface area contributed by atoms with Crippen LogP contribution in [-0.2, 0) is 0 Å². The van der Waals surface area contributed by atoms with E-state index in [1.54, 1.807) is 0 Å². The van der Waals surface area contributed by atoms with Gasteiger partial charge in [0.15, 0.2) is 0 Å². The van der Waals surface area contributed by atoms with Crippen molar-refractivity contribution in [3.63, 3.8) is 0 Å². The van der Waals surface area contributed by atoms with Gasteiger partial charge in [0.25, 0.3) is 0 Å². The van der Waals surface area contributed by atoms with Gasteiger partial charge in [0.1, 0.15) is 0 Å². The summed E-state index contributed by atoms with van der Waals surface area (Å²) in [7, 11) is 0. The minimum Gasteiger partial charge on any atom is -0.324 e. The van der Waals surface area contributed by atoms with E-state index in [-0.39, 0.29) is 0 Å². The summed E-state index contributed by atoms with van der Waals surface area (Å²) in [5, 5.41) is 0. The van der Waals surface area contributed by atoms with Crippen LogP contribution in [0, 0.1) is 6.92 Å². The predicted molar refractivity (Wildman–Crippen MR) is 58.0 cm³/mol. The first-order chi connectivity index (χ1) is 5.74. The molecule has 0 heterocycles. The number of hydrogen-bond acceptors (Lipinski definition) is 2. The number of rotatable bonds is 1. The Balaban J connectivity index is 0.000000561. The van der Waals surface area contributed by atoms with E-state index in [9.17, 15) is 0 Å². The molecule has 0 aliphatic heterocycles. The Morgan fingerprint density at radius 2 is 1.92 bits per heavy atom. The molecule has 0 aliphatic rings. The van der Waals surface area contributed by atoms with Crippen LogP contribution >= 0.6 is 15.9 Å². The predicted octanol–water partition coefficient (Wildman–Crippen LogP) is 3.07. The number of hydrogen-bond donors (Lipinski definition) is 2. The smallest absolute Gasteiger partial charge is 0.0525 e. The van der Waals surface area contributed by atoms with E-state index in [4.69, 9.17) is 5.84 Å². The van der Waals surface area contributed by atoms with Gasteiger partial charge in [-0.05, 0) is 24.6 Å². The summed E-state index contributed by atoms with van der Waals surface area (Å²) in [4.78, 5) is 0. The van der Waals surface area contributed by atoms with Crippen LogP contribution in [0.25, 0.3) is 0 Å². The third-order valence-corrected chi connectivity index (χ3v) is 1.85. The Labute approximate surface area is 82.3 Å². The van der Waals surface area contributed by atoms with Crippen molar-refractivity contribution in [1.29, 1.82) is 0 Å².